The van der Waals surface area contributed by atoms with E-state index in [1.54, 1.807) is 4.90 Å². The largest absolute Gasteiger partial charge is 0.454 e. The predicted octanol–water partition coefficient (Wildman–Crippen LogP) is 3.84. The van der Waals surface area contributed by atoms with E-state index in [1.807, 2.05) is 60.0 Å². The van der Waals surface area contributed by atoms with Gasteiger partial charge in [0, 0.05) is 23.5 Å². The molecule has 1 N–H and O–H groups in total. The molecule has 1 aromatic heterocycles. The molecule has 1 aliphatic carbocycles. The molecule has 33 heavy (non-hydrogen) atoms. The summed E-state index contributed by atoms with van der Waals surface area (Å²) in [6, 6.07) is 15.7. The summed E-state index contributed by atoms with van der Waals surface area (Å²) in [7, 11) is 0. The first kappa shape index (κ1) is 20.1. The number of benzene rings is 2. The molecule has 3 aromatic rings. The Morgan fingerprint density at radius 2 is 1.88 bits per heavy atom. The third-order valence-electron chi connectivity index (χ3n) is 7.29. The molecule has 7 nitrogen and oxygen atoms in total. The number of aromatic nitrogens is 1. The van der Waals surface area contributed by atoms with E-state index in [0.717, 1.165) is 42.1 Å². The molecule has 3 aliphatic rings. The molecular formula is C26H27N3O4. The third-order valence-corrected chi connectivity index (χ3v) is 7.29. The highest BCUT2D eigenvalue weighted by molar-refractivity contribution is 6.03. The number of hydrogen-bond donors (Lipinski definition) is 1. The Morgan fingerprint density at radius 1 is 1.09 bits per heavy atom. The summed E-state index contributed by atoms with van der Waals surface area (Å²) in [6.45, 7) is 2.80. The topological polar surface area (TPSA) is 72.8 Å². The van der Waals surface area contributed by atoms with Crippen LogP contribution >= 0.6 is 0 Å². The number of carbonyl (C=O) groups excluding carboxylic acids is 2. The van der Waals surface area contributed by atoms with Crippen LogP contribution in [0.1, 0.15) is 48.7 Å². The zero-order chi connectivity index (χ0) is 22.6. The van der Waals surface area contributed by atoms with Crippen LogP contribution in [-0.4, -0.2) is 39.7 Å². The smallest absolute Gasteiger partial charge is 0.271 e. The van der Waals surface area contributed by atoms with Gasteiger partial charge in [-0.05, 0) is 49.6 Å². The lowest BCUT2D eigenvalue weighted by atomic mass is 9.93. The first-order chi connectivity index (χ1) is 16.0. The fourth-order valence-electron chi connectivity index (χ4n) is 5.39. The van der Waals surface area contributed by atoms with Gasteiger partial charge in [0.15, 0.2) is 11.5 Å². The van der Waals surface area contributed by atoms with Crippen LogP contribution in [0.25, 0.3) is 10.9 Å². The maximum atomic E-state index is 13.9. The minimum Gasteiger partial charge on any atom is -0.454 e. The zero-order valence-electron chi connectivity index (χ0n) is 18.7. The SMILES string of the molecule is C[C@@]1(C(=O)NC2CCCC2)Cn2c(cc3ccccc32)C(=O)N1Cc1ccc2c(c1)OCO2. The summed E-state index contributed by atoms with van der Waals surface area (Å²) in [5.74, 6) is 1.14. The van der Waals surface area contributed by atoms with E-state index in [9.17, 15) is 9.59 Å². The Bertz CT molecular complexity index is 1260. The average Bonchev–Trinajstić information content (AvgIpc) is 3.56. The normalized spacial score (nSPS) is 22.1. The fraction of sp³-hybridized carbons (Fsp3) is 0.385. The van der Waals surface area contributed by atoms with Crippen molar-refractivity contribution in [3.05, 3.63) is 59.8 Å². The monoisotopic (exact) mass is 445 g/mol. The first-order valence-electron chi connectivity index (χ1n) is 11.6. The molecule has 1 atom stereocenters. The molecule has 2 aliphatic heterocycles. The molecule has 3 heterocycles. The molecule has 0 unspecified atom stereocenters. The highest BCUT2D eigenvalue weighted by Crippen LogP contribution is 2.36. The van der Waals surface area contributed by atoms with Gasteiger partial charge in [-0.3, -0.25) is 9.59 Å². The van der Waals surface area contributed by atoms with Gasteiger partial charge in [-0.25, -0.2) is 0 Å². The van der Waals surface area contributed by atoms with Gasteiger partial charge in [0.25, 0.3) is 5.91 Å². The van der Waals surface area contributed by atoms with Crippen LogP contribution in [-0.2, 0) is 17.9 Å². The molecule has 2 aromatic carbocycles. The molecular weight excluding hydrogens is 418 g/mol. The van der Waals surface area contributed by atoms with Crippen LogP contribution in [0.2, 0.25) is 0 Å². The molecule has 0 radical (unpaired) electrons. The summed E-state index contributed by atoms with van der Waals surface area (Å²) < 4.78 is 13.0. The van der Waals surface area contributed by atoms with E-state index in [2.05, 4.69) is 5.32 Å². The van der Waals surface area contributed by atoms with Crippen molar-refractivity contribution in [3.63, 3.8) is 0 Å². The molecule has 1 fully saturated rings. The third kappa shape index (κ3) is 3.25. The van der Waals surface area contributed by atoms with Crippen molar-refractivity contribution in [3.8, 4) is 11.5 Å². The van der Waals surface area contributed by atoms with Gasteiger partial charge in [0.1, 0.15) is 11.2 Å². The van der Waals surface area contributed by atoms with E-state index in [0.29, 0.717) is 30.3 Å². The van der Waals surface area contributed by atoms with Crippen LogP contribution < -0.4 is 14.8 Å². The Labute approximate surface area is 192 Å². The fourth-order valence-corrected chi connectivity index (χ4v) is 5.39. The first-order valence-corrected chi connectivity index (χ1v) is 11.6. The molecule has 2 amide bonds. The van der Waals surface area contributed by atoms with Crippen LogP contribution in [0.15, 0.2) is 48.5 Å². The number of amides is 2. The minimum absolute atomic E-state index is 0.0908. The summed E-state index contributed by atoms with van der Waals surface area (Å²) in [5, 5.41) is 4.25. The molecule has 6 rings (SSSR count). The van der Waals surface area contributed by atoms with Gasteiger partial charge in [-0.15, -0.1) is 0 Å². The number of rotatable bonds is 4. The van der Waals surface area contributed by atoms with E-state index in [4.69, 9.17) is 9.47 Å². The van der Waals surface area contributed by atoms with Gasteiger partial charge in [0.05, 0.1) is 6.54 Å². The summed E-state index contributed by atoms with van der Waals surface area (Å²) in [4.78, 5) is 29.3. The van der Waals surface area contributed by atoms with E-state index in [-0.39, 0.29) is 24.6 Å². The van der Waals surface area contributed by atoms with Crippen LogP contribution in [0, 0.1) is 0 Å². The van der Waals surface area contributed by atoms with Crippen molar-refractivity contribution in [2.75, 3.05) is 6.79 Å². The molecule has 7 heteroatoms. The minimum atomic E-state index is -1.02. The van der Waals surface area contributed by atoms with Crippen molar-refractivity contribution in [2.45, 2.75) is 57.3 Å². The van der Waals surface area contributed by atoms with Crippen molar-refractivity contribution in [1.82, 2.24) is 14.8 Å². The Balaban J connectivity index is 1.40. The van der Waals surface area contributed by atoms with E-state index in [1.165, 1.54) is 0 Å². The van der Waals surface area contributed by atoms with Crippen LogP contribution in [0.5, 0.6) is 11.5 Å². The van der Waals surface area contributed by atoms with E-state index < -0.39 is 5.54 Å². The van der Waals surface area contributed by atoms with Crippen molar-refractivity contribution in [2.24, 2.45) is 0 Å². The molecule has 1 saturated carbocycles. The number of ether oxygens (including phenoxy) is 2. The Hall–Kier alpha value is -3.48. The summed E-state index contributed by atoms with van der Waals surface area (Å²) >= 11 is 0. The summed E-state index contributed by atoms with van der Waals surface area (Å²) in [5.41, 5.74) is 1.47. The lowest BCUT2D eigenvalue weighted by Gasteiger charge is -2.44. The van der Waals surface area contributed by atoms with Crippen LogP contribution in [0.4, 0.5) is 0 Å². The number of fused-ring (bicyclic) bond motifs is 4. The van der Waals surface area contributed by atoms with Crippen molar-refractivity contribution in [1.29, 1.82) is 0 Å². The Morgan fingerprint density at radius 3 is 2.73 bits per heavy atom. The maximum absolute atomic E-state index is 13.9. The number of para-hydroxylation sites is 1. The molecule has 0 saturated heterocycles. The van der Waals surface area contributed by atoms with Gasteiger partial charge in [-0.2, -0.15) is 0 Å². The summed E-state index contributed by atoms with van der Waals surface area (Å²) in [6.07, 6.45) is 4.26. The average molecular weight is 446 g/mol. The second-order valence-electron chi connectivity index (χ2n) is 9.48. The molecule has 170 valence electrons. The van der Waals surface area contributed by atoms with Crippen LogP contribution in [0.3, 0.4) is 0 Å². The number of hydrogen-bond acceptors (Lipinski definition) is 4. The zero-order valence-corrected chi connectivity index (χ0v) is 18.7. The van der Waals surface area contributed by atoms with Crippen molar-refractivity contribution < 1.29 is 19.1 Å². The molecule has 0 spiro atoms. The quantitative estimate of drug-likeness (QED) is 0.662. The second-order valence-corrected chi connectivity index (χ2v) is 9.48. The lowest BCUT2D eigenvalue weighted by molar-refractivity contribution is -0.133. The standard InChI is InChI=1S/C26H27N3O4/c1-26(25(31)27-19-7-3-4-8-19)15-28-20-9-5-2-6-18(20)13-21(28)24(30)29(26)14-17-10-11-22-23(12-17)33-16-32-22/h2,5-6,9-13,19H,3-4,7-8,14-16H2,1H3,(H,27,31)/t26-/m0/s1. The van der Waals surface area contributed by atoms with Gasteiger partial charge in [-0.1, -0.05) is 37.1 Å². The highest BCUT2D eigenvalue weighted by Gasteiger charge is 2.48. The van der Waals surface area contributed by atoms with Gasteiger partial charge < -0.3 is 24.3 Å². The number of nitrogens with zero attached hydrogens (tertiary/aromatic N) is 2. The molecule has 0 bridgehead atoms. The second kappa shape index (κ2) is 7.54. The predicted molar refractivity (Wildman–Crippen MR) is 123 cm³/mol. The van der Waals surface area contributed by atoms with E-state index >= 15 is 0 Å². The maximum Gasteiger partial charge on any atom is 0.271 e. The number of nitrogens with one attached hydrogen (secondary N) is 1. The lowest BCUT2D eigenvalue weighted by Crippen LogP contribution is -2.64. The number of carbonyl (C=O) groups is 2. The Kier molecular flexibility index (Phi) is 4.60. The van der Waals surface area contributed by atoms with Crippen molar-refractivity contribution >= 4 is 22.7 Å². The van der Waals surface area contributed by atoms with Gasteiger partial charge in [0.2, 0.25) is 12.7 Å². The highest BCUT2D eigenvalue weighted by atomic mass is 16.7. The van der Waals surface area contributed by atoms with Gasteiger partial charge >= 0.3 is 0 Å².